The fraction of sp³-hybridized carbons (Fsp3) is 0.294. The van der Waals surface area contributed by atoms with Gasteiger partial charge in [-0.2, -0.15) is 0 Å². The first-order valence-corrected chi connectivity index (χ1v) is 9.17. The van der Waals surface area contributed by atoms with E-state index in [1.54, 1.807) is 35.7 Å². The van der Waals surface area contributed by atoms with Crippen LogP contribution >= 0.6 is 22.7 Å². The highest BCUT2D eigenvalue weighted by Crippen LogP contribution is 2.28. The Hall–Kier alpha value is -1.96. The number of thiophene rings is 1. The van der Waals surface area contributed by atoms with Crippen LogP contribution in [-0.2, 0) is 17.8 Å². The number of ether oxygens (including phenoxy) is 1. The molecule has 0 aliphatic heterocycles. The van der Waals surface area contributed by atoms with Crippen LogP contribution in [-0.4, -0.2) is 30.0 Å². The van der Waals surface area contributed by atoms with Gasteiger partial charge in [-0.15, -0.1) is 22.7 Å². The van der Waals surface area contributed by atoms with Crippen molar-refractivity contribution in [2.75, 3.05) is 14.2 Å². The second kappa shape index (κ2) is 7.29. The van der Waals surface area contributed by atoms with Crippen molar-refractivity contribution >= 4 is 28.6 Å². The number of hydrogen-bond donors (Lipinski definition) is 0. The fourth-order valence-corrected chi connectivity index (χ4v) is 4.05. The lowest BCUT2D eigenvalue weighted by molar-refractivity contribution is 0.0599. The molecule has 5 nitrogen and oxygen atoms in total. The first-order chi connectivity index (χ1) is 11.6. The molecule has 0 unspecified atom stereocenters. The minimum Gasteiger partial charge on any atom is -0.465 e. The van der Waals surface area contributed by atoms with Crippen LogP contribution in [0.1, 0.15) is 27.6 Å². The van der Waals surface area contributed by atoms with Crippen molar-refractivity contribution in [2.24, 2.45) is 0 Å². The molecular weight excluding hydrogens is 344 g/mol. The molecule has 0 bridgehead atoms. The Morgan fingerprint density at radius 3 is 2.92 bits per heavy atom. The summed E-state index contributed by atoms with van der Waals surface area (Å²) in [6.07, 6.45) is 0. The number of furan rings is 1. The Morgan fingerprint density at radius 1 is 1.38 bits per heavy atom. The van der Waals surface area contributed by atoms with Crippen LogP contribution < -0.4 is 0 Å². The van der Waals surface area contributed by atoms with E-state index in [1.807, 2.05) is 13.1 Å². The van der Waals surface area contributed by atoms with Gasteiger partial charge in [-0.3, -0.25) is 4.90 Å². The zero-order chi connectivity index (χ0) is 17.1. The van der Waals surface area contributed by atoms with Gasteiger partial charge in [-0.1, -0.05) is 6.07 Å². The molecule has 0 aromatic carbocycles. The summed E-state index contributed by atoms with van der Waals surface area (Å²) >= 11 is 3.35. The average Bonchev–Trinajstić information content (AvgIpc) is 3.27. The van der Waals surface area contributed by atoms with Crippen LogP contribution in [0.15, 0.2) is 33.4 Å². The molecule has 3 aromatic rings. The third kappa shape index (κ3) is 3.75. The lowest BCUT2D eigenvalue weighted by Crippen LogP contribution is -2.17. The van der Waals surface area contributed by atoms with Gasteiger partial charge in [0.2, 0.25) is 0 Å². The molecule has 7 heteroatoms. The maximum atomic E-state index is 11.6. The number of hydrogen-bond acceptors (Lipinski definition) is 7. The van der Waals surface area contributed by atoms with Crippen LogP contribution in [0.25, 0.3) is 9.88 Å². The molecule has 0 radical (unpaired) electrons. The maximum absolute atomic E-state index is 11.6. The molecule has 0 amide bonds. The van der Waals surface area contributed by atoms with Crippen LogP contribution in [0.2, 0.25) is 0 Å². The zero-order valence-corrected chi connectivity index (χ0v) is 15.4. The van der Waals surface area contributed by atoms with Crippen molar-refractivity contribution < 1.29 is 13.9 Å². The number of rotatable bonds is 6. The highest BCUT2D eigenvalue weighted by molar-refractivity contribution is 7.20. The second-order valence-corrected chi connectivity index (χ2v) is 7.27. The molecule has 3 rings (SSSR count). The number of esters is 1. The summed E-state index contributed by atoms with van der Waals surface area (Å²) in [6.45, 7) is 3.09. The quantitative estimate of drug-likeness (QED) is 0.615. The van der Waals surface area contributed by atoms with E-state index in [-0.39, 0.29) is 5.97 Å². The second-order valence-electron chi connectivity index (χ2n) is 5.47. The summed E-state index contributed by atoms with van der Waals surface area (Å²) < 4.78 is 10.4. The molecule has 0 atom stereocenters. The summed E-state index contributed by atoms with van der Waals surface area (Å²) in [4.78, 5) is 19.6. The smallest absolute Gasteiger partial charge is 0.341 e. The zero-order valence-electron chi connectivity index (χ0n) is 13.7. The Kier molecular flexibility index (Phi) is 5.13. The predicted molar refractivity (Wildman–Crippen MR) is 95.4 cm³/mol. The molecule has 0 fully saturated rings. The van der Waals surface area contributed by atoms with Crippen molar-refractivity contribution in [3.63, 3.8) is 0 Å². The summed E-state index contributed by atoms with van der Waals surface area (Å²) in [5, 5.41) is 5.19. The average molecular weight is 362 g/mol. The normalized spacial score (nSPS) is 11.2. The lowest BCUT2D eigenvalue weighted by atomic mass is 10.2. The summed E-state index contributed by atoms with van der Waals surface area (Å²) in [7, 11) is 3.37. The van der Waals surface area contributed by atoms with Crippen molar-refractivity contribution in [3.05, 3.63) is 51.7 Å². The Morgan fingerprint density at radius 2 is 2.21 bits per heavy atom. The van der Waals surface area contributed by atoms with Crippen molar-refractivity contribution in [3.8, 4) is 9.88 Å². The maximum Gasteiger partial charge on any atom is 0.341 e. The van der Waals surface area contributed by atoms with Gasteiger partial charge >= 0.3 is 5.97 Å². The number of methoxy groups -OCH3 is 1. The minimum atomic E-state index is -0.370. The number of carbonyl (C=O) groups excluding carboxylic acids is 1. The van der Waals surface area contributed by atoms with E-state index in [1.165, 1.54) is 12.0 Å². The van der Waals surface area contributed by atoms with E-state index < -0.39 is 0 Å². The van der Waals surface area contributed by atoms with Gasteiger partial charge in [0.05, 0.1) is 24.2 Å². The van der Waals surface area contributed by atoms with E-state index in [9.17, 15) is 4.79 Å². The Bertz CT molecular complexity index is 821. The van der Waals surface area contributed by atoms with E-state index in [4.69, 9.17) is 9.15 Å². The minimum absolute atomic E-state index is 0.370. The van der Waals surface area contributed by atoms with E-state index in [0.29, 0.717) is 17.9 Å². The third-order valence-electron chi connectivity index (χ3n) is 3.52. The molecular formula is C17H18N2O3S2. The highest BCUT2D eigenvalue weighted by atomic mass is 32.1. The van der Waals surface area contributed by atoms with Gasteiger partial charge < -0.3 is 9.15 Å². The van der Waals surface area contributed by atoms with Gasteiger partial charge in [0, 0.05) is 11.9 Å². The molecule has 0 aliphatic carbocycles. The van der Waals surface area contributed by atoms with Crippen LogP contribution in [0, 0.1) is 6.92 Å². The van der Waals surface area contributed by atoms with E-state index in [2.05, 4.69) is 26.7 Å². The molecule has 0 N–H and O–H groups in total. The van der Waals surface area contributed by atoms with Gasteiger partial charge in [-0.05, 0) is 31.5 Å². The molecule has 3 aromatic heterocycles. The van der Waals surface area contributed by atoms with Gasteiger partial charge in [0.25, 0.3) is 0 Å². The van der Waals surface area contributed by atoms with Gasteiger partial charge in [0.15, 0.2) is 0 Å². The van der Waals surface area contributed by atoms with Crippen molar-refractivity contribution in [2.45, 2.75) is 20.0 Å². The molecule has 0 saturated heterocycles. The monoisotopic (exact) mass is 362 g/mol. The van der Waals surface area contributed by atoms with Gasteiger partial charge in [-0.25, -0.2) is 9.78 Å². The van der Waals surface area contributed by atoms with Crippen LogP contribution in [0.4, 0.5) is 0 Å². The molecule has 24 heavy (non-hydrogen) atoms. The van der Waals surface area contributed by atoms with E-state index >= 15 is 0 Å². The number of aromatic nitrogens is 1. The number of nitrogens with zero attached hydrogens (tertiary/aromatic N) is 2. The summed E-state index contributed by atoms with van der Waals surface area (Å²) in [5.41, 5.74) is 1.51. The standard InChI is InChI=1S/C17H18N2O3S2/c1-11-14(17(20)21-3)7-13(22-11)9-19(2)8-12-10-24-16(18-12)15-5-4-6-23-15/h4-7,10H,8-9H2,1-3H3. The SMILES string of the molecule is COC(=O)c1cc(CN(C)Cc2csc(-c3cccs3)n2)oc1C. The molecule has 0 spiro atoms. The molecule has 3 heterocycles. The van der Waals surface area contributed by atoms with Crippen LogP contribution in [0.3, 0.4) is 0 Å². The van der Waals surface area contributed by atoms with Crippen molar-refractivity contribution in [1.29, 1.82) is 0 Å². The Balaban J connectivity index is 1.64. The fourth-order valence-electron chi connectivity index (χ4n) is 2.43. The number of thiazole rings is 1. The van der Waals surface area contributed by atoms with Gasteiger partial charge in [0.1, 0.15) is 22.1 Å². The highest BCUT2D eigenvalue weighted by Gasteiger charge is 2.16. The predicted octanol–water partition coefficient (Wildman–Crippen LogP) is 4.19. The topological polar surface area (TPSA) is 55.6 Å². The molecule has 0 aliphatic rings. The first-order valence-electron chi connectivity index (χ1n) is 7.41. The number of aryl methyl sites for hydroxylation is 1. The van der Waals surface area contributed by atoms with E-state index in [0.717, 1.165) is 23.0 Å². The summed E-state index contributed by atoms with van der Waals surface area (Å²) in [5.74, 6) is 0.952. The van der Waals surface area contributed by atoms with Crippen LogP contribution in [0.5, 0.6) is 0 Å². The molecule has 126 valence electrons. The number of carbonyl (C=O) groups is 1. The lowest BCUT2D eigenvalue weighted by Gasteiger charge is -2.13. The third-order valence-corrected chi connectivity index (χ3v) is 5.45. The largest absolute Gasteiger partial charge is 0.465 e. The Labute approximate surface area is 148 Å². The molecule has 0 saturated carbocycles. The van der Waals surface area contributed by atoms with Crippen molar-refractivity contribution in [1.82, 2.24) is 9.88 Å². The first kappa shape index (κ1) is 16.9. The summed E-state index contributed by atoms with van der Waals surface area (Å²) in [6, 6.07) is 5.86.